The number of carboxylic acid groups (broad SMARTS) is 1. The number of carbonyl (C=O) groups is 3. The van der Waals surface area contributed by atoms with Crippen molar-refractivity contribution in [3.05, 3.63) is 59.7 Å². The van der Waals surface area contributed by atoms with Gasteiger partial charge in [-0.3, -0.25) is 9.59 Å². The first-order chi connectivity index (χ1) is 16.5. The smallest absolute Gasteiger partial charge is 0.407 e. The Kier molecular flexibility index (Phi) is 8.03. The lowest BCUT2D eigenvalue weighted by Gasteiger charge is -2.28. The average Bonchev–Trinajstić information content (AvgIpc) is 3.09. The maximum atomic E-state index is 13.6. The molecule has 188 valence electrons. The second kappa shape index (κ2) is 10.8. The van der Waals surface area contributed by atoms with Gasteiger partial charge in [-0.2, -0.15) is 13.2 Å². The van der Waals surface area contributed by atoms with Crippen LogP contribution in [0, 0.1) is 11.8 Å². The van der Waals surface area contributed by atoms with E-state index in [0.717, 1.165) is 22.3 Å². The number of benzene rings is 2. The Bertz CT molecular complexity index is 1040. The monoisotopic (exact) mass is 492 g/mol. The van der Waals surface area contributed by atoms with Crippen molar-refractivity contribution in [3.8, 4) is 11.1 Å². The van der Waals surface area contributed by atoms with Gasteiger partial charge in [-0.15, -0.1) is 0 Å². The van der Waals surface area contributed by atoms with E-state index in [4.69, 9.17) is 9.84 Å². The molecule has 7 nitrogen and oxygen atoms in total. The molecule has 2 N–H and O–H groups in total. The lowest BCUT2D eigenvalue weighted by molar-refractivity contribution is -0.189. The summed E-state index contributed by atoms with van der Waals surface area (Å²) in [5, 5.41) is 11.0. The molecule has 35 heavy (non-hydrogen) atoms. The number of hydrogen-bond acceptors (Lipinski definition) is 4. The molecule has 1 atom stereocenters. The highest BCUT2D eigenvalue weighted by atomic mass is 19.4. The molecule has 1 unspecified atom stereocenters. The van der Waals surface area contributed by atoms with Crippen molar-refractivity contribution in [3.63, 3.8) is 0 Å². The van der Waals surface area contributed by atoms with Gasteiger partial charge in [-0.1, -0.05) is 62.4 Å². The van der Waals surface area contributed by atoms with Crippen LogP contribution < -0.4 is 5.32 Å². The van der Waals surface area contributed by atoms with E-state index in [-0.39, 0.29) is 25.0 Å². The van der Waals surface area contributed by atoms with Crippen molar-refractivity contribution in [1.82, 2.24) is 10.2 Å². The van der Waals surface area contributed by atoms with E-state index in [9.17, 15) is 27.6 Å². The minimum Gasteiger partial charge on any atom is -0.480 e. The lowest BCUT2D eigenvalue weighted by atomic mass is 9.98. The molecular weight excluding hydrogens is 465 g/mol. The van der Waals surface area contributed by atoms with Crippen LogP contribution in [0.2, 0.25) is 0 Å². The molecule has 0 spiro atoms. The van der Waals surface area contributed by atoms with Gasteiger partial charge in [0.05, 0.1) is 0 Å². The number of fused-ring (bicyclic) bond motifs is 3. The predicted octanol–water partition coefficient (Wildman–Crippen LogP) is 4.27. The van der Waals surface area contributed by atoms with Gasteiger partial charge in [-0.25, -0.2) is 4.79 Å². The zero-order valence-corrected chi connectivity index (χ0v) is 19.3. The van der Waals surface area contributed by atoms with E-state index in [1.54, 1.807) is 13.8 Å². The number of carboxylic acids is 1. The third kappa shape index (κ3) is 6.32. The SMILES string of the molecule is CC(C)CN(CC(=O)O)C(=O)C(CNC(=O)OCC1c2ccccc2-c2ccccc21)C(F)(F)F. The van der Waals surface area contributed by atoms with E-state index in [2.05, 4.69) is 0 Å². The van der Waals surface area contributed by atoms with Gasteiger partial charge in [0.15, 0.2) is 5.92 Å². The fraction of sp³-hybridized carbons (Fsp3) is 0.400. The first-order valence-corrected chi connectivity index (χ1v) is 11.1. The molecule has 2 aromatic rings. The number of carbonyl (C=O) groups excluding carboxylic acids is 2. The van der Waals surface area contributed by atoms with E-state index in [1.165, 1.54) is 0 Å². The largest absolute Gasteiger partial charge is 0.480 e. The molecule has 0 saturated carbocycles. The van der Waals surface area contributed by atoms with Crippen LogP contribution >= 0.6 is 0 Å². The molecular formula is C25H27F3N2O5. The number of halogens is 3. The number of amides is 2. The molecule has 0 bridgehead atoms. The van der Waals surface area contributed by atoms with Crippen LogP contribution in [0.15, 0.2) is 48.5 Å². The number of alkyl carbamates (subject to hydrolysis) is 1. The maximum absolute atomic E-state index is 13.6. The summed E-state index contributed by atoms with van der Waals surface area (Å²) in [6.07, 6.45) is -6.08. The van der Waals surface area contributed by atoms with Crippen molar-refractivity contribution >= 4 is 18.0 Å². The molecule has 0 aromatic heterocycles. The summed E-state index contributed by atoms with van der Waals surface area (Å²) in [5.41, 5.74) is 3.90. The van der Waals surface area contributed by atoms with Gasteiger partial charge in [0, 0.05) is 19.0 Å². The van der Waals surface area contributed by atoms with Gasteiger partial charge in [0.1, 0.15) is 13.2 Å². The number of nitrogens with zero attached hydrogens (tertiary/aromatic N) is 1. The van der Waals surface area contributed by atoms with Crippen molar-refractivity contribution in [2.45, 2.75) is 25.9 Å². The summed E-state index contributed by atoms with van der Waals surface area (Å²) >= 11 is 0. The van der Waals surface area contributed by atoms with Crippen LogP contribution in [-0.4, -0.2) is 60.4 Å². The molecule has 1 aliphatic rings. The van der Waals surface area contributed by atoms with Crippen LogP contribution in [0.5, 0.6) is 0 Å². The van der Waals surface area contributed by atoms with E-state index in [0.29, 0.717) is 4.90 Å². The van der Waals surface area contributed by atoms with Crippen molar-refractivity contribution < 1.29 is 37.4 Å². The topological polar surface area (TPSA) is 95.9 Å². The second-order valence-electron chi connectivity index (χ2n) is 8.81. The van der Waals surface area contributed by atoms with Crippen LogP contribution in [0.1, 0.15) is 30.9 Å². The summed E-state index contributed by atoms with van der Waals surface area (Å²) < 4.78 is 46.1. The number of alkyl halides is 3. The summed E-state index contributed by atoms with van der Waals surface area (Å²) in [6, 6.07) is 15.2. The van der Waals surface area contributed by atoms with Crippen LogP contribution in [0.3, 0.4) is 0 Å². The number of aliphatic carboxylic acids is 1. The predicted molar refractivity (Wildman–Crippen MR) is 122 cm³/mol. The summed E-state index contributed by atoms with van der Waals surface area (Å²) in [6.45, 7) is 1.12. The Hall–Kier alpha value is -3.56. The van der Waals surface area contributed by atoms with Crippen molar-refractivity contribution in [2.75, 3.05) is 26.2 Å². The van der Waals surface area contributed by atoms with Gasteiger partial charge < -0.3 is 20.1 Å². The Morgan fingerprint density at radius 1 is 1.03 bits per heavy atom. The highest BCUT2D eigenvalue weighted by Gasteiger charge is 2.47. The van der Waals surface area contributed by atoms with Crippen LogP contribution in [0.25, 0.3) is 11.1 Å². The first kappa shape index (κ1) is 26.1. The Balaban J connectivity index is 1.66. The fourth-order valence-corrected chi connectivity index (χ4v) is 4.23. The fourth-order valence-electron chi connectivity index (χ4n) is 4.23. The molecule has 0 aliphatic heterocycles. The van der Waals surface area contributed by atoms with E-state index >= 15 is 0 Å². The second-order valence-corrected chi connectivity index (χ2v) is 8.81. The number of rotatable bonds is 9. The Morgan fingerprint density at radius 2 is 1.57 bits per heavy atom. The number of ether oxygens (including phenoxy) is 1. The van der Waals surface area contributed by atoms with Gasteiger partial charge >= 0.3 is 18.2 Å². The molecule has 0 fully saturated rings. The zero-order chi connectivity index (χ0) is 25.8. The summed E-state index contributed by atoms with van der Waals surface area (Å²) in [4.78, 5) is 36.5. The van der Waals surface area contributed by atoms with E-state index in [1.807, 2.05) is 53.8 Å². The minimum absolute atomic E-state index is 0.0943. The quantitative estimate of drug-likeness (QED) is 0.545. The lowest BCUT2D eigenvalue weighted by Crippen LogP contribution is -2.50. The van der Waals surface area contributed by atoms with Crippen molar-refractivity contribution in [2.24, 2.45) is 11.8 Å². The molecule has 10 heteroatoms. The Labute approximate surface area is 200 Å². The van der Waals surface area contributed by atoms with Gasteiger partial charge in [0.2, 0.25) is 5.91 Å². The number of nitrogens with one attached hydrogen (secondary N) is 1. The van der Waals surface area contributed by atoms with Crippen LogP contribution in [0.4, 0.5) is 18.0 Å². The first-order valence-electron chi connectivity index (χ1n) is 11.1. The third-order valence-corrected chi connectivity index (χ3v) is 5.71. The number of hydrogen-bond donors (Lipinski definition) is 2. The maximum Gasteiger partial charge on any atom is 0.407 e. The minimum atomic E-state index is -4.98. The van der Waals surface area contributed by atoms with Gasteiger partial charge in [0.25, 0.3) is 0 Å². The molecule has 3 rings (SSSR count). The highest BCUT2D eigenvalue weighted by molar-refractivity contribution is 5.84. The Morgan fingerprint density at radius 3 is 2.06 bits per heavy atom. The van der Waals surface area contributed by atoms with Crippen LogP contribution in [-0.2, 0) is 14.3 Å². The standard InChI is InChI=1S/C25H27F3N2O5/c1-15(2)12-30(13-22(31)32)23(33)21(25(26,27)28)11-29-24(34)35-14-20-18-9-5-3-7-16(18)17-8-4-6-10-19(17)20/h3-10,15,20-21H,11-14H2,1-2H3,(H,29,34)(H,31,32). The molecule has 2 amide bonds. The molecule has 0 saturated heterocycles. The molecule has 2 aromatic carbocycles. The normalized spacial score (nSPS) is 13.7. The molecule has 0 heterocycles. The molecule has 0 radical (unpaired) electrons. The third-order valence-electron chi connectivity index (χ3n) is 5.71. The summed E-state index contributed by atoms with van der Waals surface area (Å²) in [7, 11) is 0. The highest BCUT2D eigenvalue weighted by Crippen LogP contribution is 2.44. The van der Waals surface area contributed by atoms with Gasteiger partial charge in [-0.05, 0) is 28.2 Å². The van der Waals surface area contributed by atoms with Crippen molar-refractivity contribution in [1.29, 1.82) is 0 Å². The average molecular weight is 492 g/mol. The molecule has 1 aliphatic carbocycles. The summed E-state index contributed by atoms with van der Waals surface area (Å²) in [5.74, 6) is -5.95. The van der Waals surface area contributed by atoms with E-state index < -0.39 is 43.2 Å². The zero-order valence-electron chi connectivity index (χ0n) is 19.3.